The van der Waals surface area contributed by atoms with Gasteiger partial charge in [0.2, 0.25) is 0 Å². The Labute approximate surface area is 121 Å². The molecule has 0 spiro atoms. The molecule has 112 valence electrons. The monoisotopic (exact) mass is 278 g/mol. The molecular formula is C16H26N2O2. The summed E-state index contributed by atoms with van der Waals surface area (Å²) in [7, 11) is 0. The molecule has 20 heavy (non-hydrogen) atoms. The van der Waals surface area contributed by atoms with Crippen molar-refractivity contribution < 1.29 is 5.11 Å². The minimum absolute atomic E-state index is 0.0452. The quantitative estimate of drug-likeness (QED) is 0.920. The van der Waals surface area contributed by atoms with Gasteiger partial charge in [0.1, 0.15) is 0 Å². The van der Waals surface area contributed by atoms with Crippen LogP contribution >= 0.6 is 0 Å². The van der Waals surface area contributed by atoms with E-state index in [4.69, 9.17) is 0 Å². The average molecular weight is 278 g/mol. The number of nitrogens with zero attached hydrogens (tertiary/aromatic N) is 2. The smallest absolute Gasteiger partial charge is 0.257 e. The Hall–Kier alpha value is -1.13. The maximum Gasteiger partial charge on any atom is 0.257 e. The predicted molar refractivity (Wildman–Crippen MR) is 81.0 cm³/mol. The average Bonchev–Trinajstić information content (AvgIpc) is 2.35. The third-order valence-electron chi connectivity index (χ3n) is 4.11. The van der Waals surface area contributed by atoms with Gasteiger partial charge in [0.25, 0.3) is 5.56 Å². The number of hydrogen-bond donors (Lipinski definition) is 1. The van der Waals surface area contributed by atoms with E-state index in [0.717, 1.165) is 31.7 Å². The summed E-state index contributed by atoms with van der Waals surface area (Å²) in [5.74, 6) is 0. The standard InChI is InChI=1S/C16H26N2O2/c1-6-17-8-7-14-12(10-17)9-13(16(4,5)20)15(19)18(14)11(2)3/h9,11,20H,6-8,10H2,1-5H3. The van der Waals surface area contributed by atoms with Crippen LogP contribution in [0.15, 0.2) is 10.9 Å². The van der Waals surface area contributed by atoms with Gasteiger partial charge < -0.3 is 9.67 Å². The molecule has 0 aromatic carbocycles. The van der Waals surface area contributed by atoms with Crippen molar-refractivity contribution in [2.24, 2.45) is 0 Å². The third kappa shape index (κ3) is 2.67. The van der Waals surface area contributed by atoms with Crippen LogP contribution in [0.3, 0.4) is 0 Å². The second-order valence-corrected chi connectivity index (χ2v) is 6.48. The SMILES string of the molecule is CCN1CCc2c(cc(C(C)(C)O)c(=O)n2C(C)C)C1. The Balaban J connectivity index is 2.66. The molecule has 0 amide bonds. The molecule has 1 aliphatic rings. The van der Waals surface area contributed by atoms with E-state index < -0.39 is 5.60 Å². The molecule has 1 aromatic rings. The molecule has 1 N–H and O–H groups in total. The summed E-state index contributed by atoms with van der Waals surface area (Å²) in [5, 5.41) is 10.3. The molecule has 1 aliphatic heterocycles. The van der Waals surface area contributed by atoms with Crippen LogP contribution in [0.5, 0.6) is 0 Å². The molecule has 2 rings (SSSR count). The maximum atomic E-state index is 12.7. The molecule has 0 unspecified atom stereocenters. The highest BCUT2D eigenvalue weighted by molar-refractivity contribution is 5.32. The molecule has 0 fully saturated rings. The first-order valence-corrected chi connectivity index (χ1v) is 7.48. The van der Waals surface area contributed by atoms with Crippen LogP contribution < -0.4 is 5.56 Å². The second-order valence-electron chi connectivity index (χ2n) is 6.48. The number of pyridine rings is 1. The zero-order chi connectivity index (χ0) is 15.1. The lowest BCUT2D eigenvalue weighted by Crippen LogP contribution is -2.40. The molecule has 1 aromatic heterocycles. The van der Waals surface area contributed by atoms with Gasteiger partial charge in [-0.2, -0.15) is 0 Å². The normalized spacial score (nSPS) is 16.6. The van der Waals surface area contributed by atoms with Gasteiger partial charge in [-0.25, -0.2) is 0 Å². The fourth-order valence-electron chi connectivity index (χ4n) is 2.98. The molecule has 0 radical (unpaired) electrons. The van der Waals surface area contributed by atoms with Crippen molar-refractivity contribution in [1.82, 2.24) is 9.47 Å². The first-order valence-electron chi connectivity index (χ1n) is 7.48. The minimum Gasteiger partial charge on any atom is -0.386 e. The Bertz CT molecular complexity index is 553. The van der Waals surface area contributed by atoms with Crippen LogP contribution in [-0.4, -0.2) is 27.7 Å². The zero-order valence-electron chi connectivity index (χ0n) is 13.2. The topological polar surface area (TPSA) is 45.5 Å². The summed E-state index contributed by atoms with van der Waals surface area (Å²) in [4.78, 5) is 15.0. The molecule has 4 nitrogen and oxygen atoms in total. The van der Waals surface area contributed by atoms with Crippen LogP contribution in [0.25, 0.3) is 0 Å². The molecule has 0 aliphatic carbocycles. The fourth-order valence-corrected chi connectivity index (χ4v) is 2.98. The number of fused-ring (bicyclic) bond motifs is 1. The van der Waals surface area contributed by atoms with E-state index in [1.165, 1.54) is 5.56 Å². The van der Waals surface area contributed by atoms with Crippen molar-refractivity contribution in [2.75, 3.05) is 13.1 Å². The highest BCUT2D eigenvalue weighted by Gasteiger charge is 2.27. The largest absolute Gasteiger partial charge is 0.386 e. The van der Waals surface area contributed by atoms with Gasteiger partial charge in [0, 0.05) is 36.8 Å². The van der Waals surface area contributed by atoms with Crippen LogP contribution in [0.4, 0.5) is 0 Å². The van der Waals surface area contributed by atoms with Crippen molar-refractivity contribution in [3.8, 4) is 0 Å². The van der Waals surface area contributed by atoms with Gasteiger partial charge in [0.05, 0.1) is 5.60 Å². The number of rotatable bonds is 3. The van der Waals surface area contributed by atoms with Crippen LogP contribution in [0.2, 0.25) is 0 Å². The van der Waals surface area contributed by atoms with Crippen molar-refractivity contribution in [3.63, 3.8) is 0 Å². The van der Waals surface area contributed by atoms with Crippen molar-refractivity contribution >= 4 is 0 Å². The van der Waals surface area contributed by atoms with E-state index in [2.05, 4.69) is 11.8 Å². The van der Waals surface area contributed by atoms with Gasteiger partial charge in [-0.15, -0.1) is 0 Å². The number of aliphatic hydroxyl groups is 1. The summed E-state index contributed by atoms with van der Waals surface area (Å²) in [6.07, 6.45) is 0.905. The van der Waals surface area contributed by atoms with E-state index in [1.54, 1.807) is 13.8 Å². The highest BCUT2D eigenvalue weighted by atomic mass is 16.3. The van der Waals surface area contributed by atoms with E-state index in [1.807, 2.05) is 24.5 Å². The fraction of sp³-hybridized carbons (Fsp3) is 0.688. The second kappa shape index (κ2) is 5.34. The number of hydrogen-bond acceptors (Lipinski definition) is 3. The lowest BCUT2D eigenvalue weighted by atomic mass is 9.94. The molecule has 0 saturated carbocycles. The van der Waals surface area contributed by atoms with Gasteiger partial charge in [-0.1, -0.05) is 6.92 Å². The predicted octanol–water partition coefficient (Wildman–Crippen LogP) is 2.03. The molecule has 0 bridgehead atoms. The van der Waals surface area contributed by atoms with E-state index in [-0.39, 0.29) is 11.6 Å². The zero-order valence-corrected chi connectivity index (χ0v) is 13.2. The van der Waals surface area contributed by atoms with Gasteiger partial charge >= 0.3 is 0 Å². The Morgan fingerprint density at radius 2 is 2.05 bits per heavy atom. The molecule has 2 heterocycles. The van der Waals surface area contributed by atoms with Gasteiger partial charge in [0.15, 0.2) is 0 Å². The van der Waals surface area contributed by atoms with E-state index in [9.17, 15) is 9.90 Å². The minimum atomic E-state index is -1.10. The number of aromatic nitrogens is 1. The van der Waals surface area contributed by atoms with Gasteiger partial charge in [-0.05, 0) is 45.9 Å². The van der Waals surface area contributed by atoms with Gasteiger partial charge in [-0.3, -0.25) is 9.69 Å². The van der Waals surface area contributed by atoms with Crippen molar-refractivity contribution in [1.29, 1.82) is 0 Å². The summed E-state index contributed by atoms with van der Waals surface area (Å²) < 4.78 is 1.87. The number of likely N-dealkylation sites (N-methyl/N-ethyl adjacent to an activating group) is 1. The molecule has 0 saturated heterocycles. The first-order chi connectivity index (χ1) is 9.25. The lowest BCUT2D eigenvalue weighted by molar-refractivity contribution is 0.0759. The van der Waals surface area contributed by atoms with Crippen molar-refractivity contribution in [3.05, 3.63) is 33.2 Å². The first kappa shape index (κ1) is 15.3. The Kier molecular flexibility index (Phi) is 4.07. The summed E-state index contributed by atoms with van der Waals surface area (Å²) in [6.45, 7) is 12.4. The van der Waals surface area contributed by atoms with Crippen LogP contribution in [0.1, 0.15) is 57.5 Å². The molecular weight excluding hydrogens is 252 g/mol. The maximum absolute atomic E-state index is 12.7. The van der Waals surface area contributed by atoms with Crippen LogP contribution in [-0.2, 0) is 18.6 Å². The van der Waals surface area contributed by atoms with E-state index >= 15 is 0 Å². The summed E-state index contributed by atoms with van der Waals surface area (Å²) in [5.41, 5.74) is 1.68. The Morgan fingerprint density at radius 1 is 1.40 bits per heavy atom. The Morgan fingerprint density at radius 3 is 2.55 bits per heavy atom. The summed E-state index contributed by atoms with van der Waals surface area (Å²) in [6, 6.07) is 2.03. The lowest BCUT2D eigenvalue weighted by Gasteiger charge is -2.32. The van der Waals surface area contributed by atoms with Crippen molar-refractivity contribution in [2.45, 2.75) is 59.2 Å². The third-order valence-corrected chi connectivity index (χ3v) is 4.11. The molecule has 0 atom stereocenters. The van der Waals surface area contributed by atoms with Crippen LogP contribution in [0, 0.1) is 0 Å². The highest BCUT2D eigenvalue weighted by Crippen LogP contribution is 2.25. The summed E-state index contributed by atoms with van der Waals surface area (Å²) >= 11 is 0. The molecule has 4 heteroatoms. The van der Waals surface area contributed by atoms with E-state index in [0.29, 0.717) is 5.56 Å².